The van der Waals surface area contributed by atoms with E-state index in [0.29, 0.717) is 6.07 Å². The Kier molecular flexibility index (Phi) is 4.65. The fraction of sp³-hybridized carbons (Fsp3) is 0.105. The number of alkyl halides is 3. The SMILES string of the molecule is N#Cc1cn(Cc2ccc(C(F)(F)F)cc2F)c2ccc(C(=O)O)cc2c1=O. The van der Waals surface area contributed by atoms with Crippen molar-refractivity contribution in [3.63, 3.8) is 0 Å². The molecule has 0 amide bonds. The van der Waals surface area contributed by atoms with Gasteiger partial charge in [0.15, 0.2) is 0 Å². The van der Waals surface area contributed by atoms with Crippen LogP contribution in [0.25, 0.3) is 10.9 Å². The van der Waals surface area contributed by atoms with Gasteiger partial charge in [0.2, 0.25) is 5.43 Å². The largest absolute Gasteiger partial charge is 0.478 e. The molecule has 2 aromatic carbocycles. The lowest BCUT2D eigenvalue weighted by Gasteiger charge is -2.14. The summed E-state index contributed by atoms with van der Waals surface area (Å²) in [7, 11) is 0. The minimum atomic E-state index is -4.69. The van der Waals surface area contributed by atoms with Gasteiger partial charge >= 0.3 is 12.1 Å². The summed E-state index contributed by atoms with van der Waals surface area (Å²) in [6, 6.07) is 7.41. The highest BCUT2D eigenvalue weighted by Gasteiger charge is 2.31. The number of nitrogens with zero attached hydrogens (tertiary/aromatic N) is 2. The van der Waals surface area contributed by atoms with Crippen molar-refractivity contribution >= 4 is 16.9 Å². The van der Waals surface area contributed by atoms with Crippen LogP contribution in [0.3, 0.4) is 0 Å². The van der Waals surface area contributed by atoms with Crippen LogP contribution in [0.2, 0.25) is 0 Å². The highest BCUT2D eigenvalue weighted by molar-refractivity contribution is 5.93. The lowest BCUT2D eigenvalue weighted by molar-refractivity contribution is -0.137. The Hall–Kier alpha value is -3.67. The maximum atomic E-state index is 14.2. The number of benzene rings is 2. The van der Waals surface area contributed by atoms with Crippen LogP contribution in [0.15, 0.2) is 47.4 Å². The number of carboxylic acid groups (broad SMARTS) is 1. The Balaban J connectivity index is 2.16. The number of nitriles is 1. The second kappa shape index (κ2) is 6.81. The summed E-state index contributed by atoms with van der Waals surface area (Å²) in [6.45, 7) is -0.262. The summed E-state index contributed by atoms with van der Waals surface area (Å²) in [5.41, 5.74) is -2.18. The first kappa shape index (κ1) is 19.1. The number of hydrogen-bond donors (Lipinski definition) is 1. The molecule has 0 atom stereocenters. The van der Waals surface area contributed by atoms with E-state index in [9.17, 15) is 27.2 Å². The van der Waals surface area contributed by atoms with E-state index in [4.69, 9.17) is 10.4 Å². The molecule has 142 valence electrons. The van der Waals surface area contributed by atoms with Crippen LogP contribution < -0.4 is 5.43 Å². The second-order valence-corrected chi connectivity index (χ2v) is 5.95. The van der Waals surface area contributed by atoms with E-state index in [1.54, 1.807) is 6.07 Å². The van der Waals surface area contributed by atoms with Crippen LogP contribution in [0.1, 0.15) is 27.0 Å². The number of aromatic carboxylic acids is 1. The van der Waals surface area contributed by atoms with E-state index in [2.05, 4.69) is 0 Å². The molecule has 1 aromatic heterocycles. The molecule has 0 saturated carbocycles. The third-order valence-electron chi connectivity index (χ3n) is 4.17. The normalized spacial score (nSPS) is 11.4. The van der Waals surface area contributed by atoms with Crippen molar-refractivity contribution in [2.45, 2.75) is 12.7 Å². The zero-order valence-corrected chi connectivity index (χ0v) is 13.9. The van der Waals surface area contributed by atoms with Crippen molar-refractivity contribution in [3.8, 4) is 6.07 Å². The summed E-state index contributed by atoms with van der Waals surface area (Å²) in [5.74, 6) is -2.37. The molecule has 28 heavy (non-hydrogen) atoms. The standard InChI is InChI=1S/C19H10F4N2O3/c20-15-6-13(19(21,22)23)3-1-11(15)8-25-9-12(7-24)17(26)14-5-10(18(27)28)2-4-16(14)25/h1-6,9H,8H2,(H,27,28). The predicted molar refractivity (Wildman–Crippen MR) is 90.4 cm³/mol. The van der Waals surface area contributed by atoms with Crippen LogP contribution >= 0.6 is 0 Å². The molecule has 3 rings (SSSR count). The smallest absolute Gasteiger partial charge is 0.416 e. The van der Waals surface area contributed by atoms with Gasteiger partial charge in [-0.2, -0.15) is 18.4 Å². The minimum Gasteiger partial charge on any atom is -0.478 e. The van der Waals surface area contributed by atoms with Crippen LogP contribution in [0.5, 0.6) is 0 Å². The van der Waals surface area contributed by atoms with Crippen LogP contribution in [-0.2, 0) is 12.7 Å². The number of carbonyl (C=O) groups is 1. The Morgan fingerprint density at radius 1 is 1.18 bits per heavy atom. The molecule has 5 nitrogen and oxygen atoms in total. The average Bonchev–Trinajstić information content (AvgIpc) is 2.64. The molecule has 3 aromatic rings. The second-order valence-electron chi connectivity index (χ2n) is 5.95. The van der Waals surface area contributed by atoms with Crippen molar-refractivity contribution in [2.24, 2.45) is 0 Å². The summed E-state index contributed by atoms with van der Waals surface area (Å²) in [5, 5.41) is 18.2. The fourth-order valence-corrected chi connectivity index (χ4v) is 2.78. The van der Waals surface area contributed by atoms with Crippen molar-refractivity contribution in [1.29, 1.82) is 5.26 Å². The summed E-state index contributed by atoms with van der Waals surface area (Å²) >= 11 is 0. The average molecular weight is 390 g/mol. The van der Waals surface area contributed by atoms with E-state index in [1.807, 2.05) is 0 Å². The van der Waals surface area contributed by atoms with E-state index in [1.165, 1.54) is 16.7 Å². The van der Waals surface area contributed by atoms with E-state index in [0.717, 1.165) is 24.4 Å². The first-order valence-corrected chi connectivity index (χ1v) is 7.78. The van der Waals surface area contributed by atoms with Gasteiger partial charge in [-0.3, -0.25) is 4.79 Å². The molecule has 0 saturated heterocycles. The van der Waals surface area contributed by atoms with Gasteiger partial charge in [0, 0.05) is 17.1 Å². The zero-order chi connectivity index (χ0) is 20.6. The fourth-order valence-electron chi connectivity index (χ4n) is 2.78. The highest BCUT2D eigenvalue weighted by atomic mass is 19.4. The molecule has 0 spiro atoms. The number of pyridine rings is 1. The number of halogens is 4. The van der Waals surface area contributed by atoms with Gasteiger partial charge in [0.05, 0.1) is 23.2 Å². The molecule has 0 radical (unpaired) electrons. The number of hydrogen-bond acceptors (Lipinski definition) is 3. The molecular weight excluding hydrogens is 380 g/mol. The maximum Gasteiger partial charge on any atom is 0.416 e. The van der Waals surface area contributed by atoms with Gasteiger partial charge in [-0.15, -0.1) is 0 Å². The molecule has 0 fully saturated rings. The quantitative estimate of drug-likeness (QED) is 0.690. The Morgan fingerprint density at radius 2 is 1.89 bits per heavy atom. The van der Waals surface area contributed by atoms with Crippen LogP contribution in [0.4, 0.5) is 17.6 Å². The number of fused-ring (bicyclic) bond motifs is 1. The van der Waals surface area contributed by atoms with Gasteiger partial charge in [-0.1, -0.05) is 6.07 Å². The third kappa shape index (κ3) is 3.44. The van der Waals surface area contributed by atoms with E-state index < -0.39 is 29.0 Å². The highest BCUT2D eigenvalue weighted by Crippen LogP contribution is 2.30. The number of aromatic nitrogens is 1. The number of rotatable bonds is 3. The summed E-state index contributed by atoms with van der Waals surface area (Å²) < 4.78 is 53.6. The maximum absolute atomic E-state index is 14.2. The number of carboxylic acids is 1. The zero-order valence-electron chi connectivity index (χ0n) is 13.9. The summed E-state index contributed by atoms with van der Waals surface area (Å²) in [6.07, 6.45) is -3.53. The van der Waals surface area contributed by atoms with Crippen LogP contribution in [-0.4, -0.2) is 15.6 Å². The van der Waals surface area contributed by atoms with Gasteiger partial charge in [-0.05, 0) is 30.3 Å². The van der Waals surface area contributed by atoms with Gasteiger partial charge in [0.25, 0.3) is 0 Å². The first-order chi connectivity index (χ1) is 13.1. The lowest BCUT2D eigenvalue weighted by Crippen LogP contribution is -2.15. The summed E-state index contributed by atoms with van der Waals surface area (Å²) in [4.78, 5) is 23.5. The Labute approximate surface area is 154 Å². The minimum absolute atomic E-state index is 0.0636. The molecule has 0 unspecified atom stereocenters. The van der Waals surface area contributed by atoms with Crippen LogP contribution in [0, 0.1) is 17.1 Å². The molecule has 0 aliphatic carbocycles. The van der Waals surface area contributed by atoms with Gasteiger partial charge in [0.1, 0.15) is 17.4 Å². The lowest BCUT2D eigenvalue weighted by atomic mass is 10.1. The predicted octanol–water partition coefficient (Wildman–Crippen LogP) is 3.78. The molecule has 0 bridgehead atoms. The van der Waals surface area contributed by atoms with E-state index in [-0.39, 0.29) is 34.1 Å². The first-order valence-electron chi connectivity index (χ1n) is 7.78. The van der Waals surface area contributed by atoms with Crippen molar-refractivity contribution in [3.05, 3.63) is 80.9 Å². The molecule has 1 N–H and O–H groups in total. The molecule has 0 aliphatic heterocycles. The Morgan fingerprint density at radius 3 is 2.46 bits per heavy atom. The van der Waals surface area contributed by atoms with Gasteiger partial charge < -0.3 is 9.67 Å². The Bertz CT molecular complexity index is 1210. The molecular formula is C19H10F4N2O3. The van der Waals surface area contributed by atoms with Crippen molar-refractivity contribution < 1.29 is 27.5 Å². The topological polar surface area (TPSA) is 83.1 Å². The third-order valence-corrected chi connectivity index (χ3v) is 4.17. The van der Waals surface area contributed by atoms with Crippen molar-refractivity contribution in [1.82, 2.24) is 4.57 Å². The monoisotopic (exact) mass is 390 g/mol. The molecule has 9 heteroatoms. The van der Waals surface area contributed by atoms with Gasteiger partial charge in [-0.25, -0.2) is 9.18 Å². The molecule has 0 aliphatic rings. The molecule has 1 heterocycles. The van der Waals surface area contributed by atoms with E-state index >= 15 is 0 Å². The van der Waals surface area contributed by atoms with Crippen molar-refractivity contribution in [2.75, 3.05) is 0 Å².